The molecule has 0 aromatic carbocycles. The molecule has 2 unspecified atom stereocenters. The van der Waals surface area contributed by atoms with Crippen molar-refractivity contribution < 1.29 is 24.5 Å². The van der Waals surface area contributed by atoms with Crippen LogP contribution in [-0.4, -0.2) is 47.4 Å². The van der Waals surface area contributed by atoms with Gasteiger partial charge >= 0.3 is 5.97 Å². The van der Waals surface area contributed by atoms with Crippen molar-refractivity contribution in [2.45, 2.75) is 437 Å². The zero-order chi connectivity index (χ0) is 62.0. The third-order valence-corrected chi connectivity index (χ3v) is 18.1. The summed E-state index contributed by atoms with van der Waals surface area (Å²) in [5, 5.41) is 23.4. The van der Waals surface area contributed by atoms with E-state index in [1.807, 2.05) is 0 Å². The first kappa shape index (κ1) is 83.8. The molecule has 0 saturated heterocycles. The molecule has 2 atom stereocenters. The second-order valence-electron chi connectivity index (χ2n) is 26.7. The summed E-state index contributed by atoms with van der Waals surface area (Å²) < 4.78 is 5.49. The van der Waals surface area contributed by atoms with E-state index in [2.05, 4.69) is 67.8 Å². The van der Waals surface area contributed by atoms with E-state index < -0.39 is 12.1 Å². The van der Waals surface area contributed by atoms with Gasteiger partial charge in [-0.15, -0.1) is 0 Å². The largest absolute Gasteiger partial charge is 0.466 e. The molecule has 0 aliphatic rings. The summed E-state index contributed by atoms with van der Waals surface area (Å²) in [6.07, 6.45) is 99.1. The first-order valence-electron chi connectivity index (χ1n) is 38.9. The summed E-state index contributed by atoms with van der Waals surface area (Å²) in [5.74, 6) is -0.0235. The van der Waals surface area contributed by atoms with Gasteiger partial charge in [-0.25, -0.2) is 0 Å². The topological polar surface area (TPSA) is 95.9 Å². The minimum atomic E-state index is -0.663. The highest BCUT2D eigenvalue weighted by Gasteiger charge is 2.20. The summed E-state index contributed by atoms with van der Waals surface area (Å²) in [4.78, 5) is 24.6. The fourth-order valence-corrected chi connectivity index (χ4v) is 12.2. The van der Waals surface area contributed by atoms with Gasteiger partial charge in [0.1, 0.15) is 0 Å². The Morgan fingerprint density at radius 2 is 0.581 bits per heavy atom. The lowest BCUT2D eigenvalue weighted by Gasteiger charge is -2.22. The molecule has 6 heteroatoms. The molecule has 0 saturated carbocycles. The average molecular weight is 1210 g/mol. The number of hydrogen-bond acceptors (Lipinski definition) is 5. The summed E-state index contributed by atoms with van der Waals surface area (Å²) in [7, 11) is 0. The number of rotatable bonds is 73. The van der Waals surface area contributed by atoms with Crippen LogP contribution < -0.4 is 5.32 Å². The fraction of sp³-hybridized carbons (Fsp3) is 0.875. The molecule has 0 aromatic heterocycles. The first-order chi connectivity index (χ1) is 42.5. The Morgan fingerprint density at radius 3 is 0.895 bits per heavy atom. The smallest absolute Gasteiger partial charge is 0.305 e. The van der Waals surface area contributed by atoms with Gasteiger partial charge in [-0.05, 0) is 89.9 Å². The molecule has 0 aliphatic heterocycles. The zero-order valence-corrected chi connectivity index (χ0v) is 58.1. The normalized spacial score (nSPS) is 12.7. The van der Waals surface area contributed by atoms with Crippen molar-refractivity contribution in [3.63, 3.8) is 0 Å². The van der Waals surface area contributed by atoms with Gasteiger partial charge in [-0.2, -0.15) is 0 Å². The molecule has 6 nitrogen and oxygen atoms in total. The molecule has 0 fully saturated rings. The lowest BCUT2D eigenvalue weighted by molar-refractivity contribution is -0.143. The Bertz CT molecular complexity index is 1440. The fourth-order valence-electron chi connectivity index (χ4n) is 12.2. The lowest BCUT2D eigenvalue weighted by Crippen LogP contribution is -2.45. The Labute approximate surface area is 537 Å². The zero-order valence-electron chi connectivity index (χ0n) is 58.1. The van der Waals surface area contributed by atoms with Crippen LogP contribution in [0.1, 0.15) is 425 Å². The molecule has 0 heterocycles. The average Bonchev–Trinajstić information content (AvgIpc) is 3.60. The Balaban J connectivity index is 3.36. The van der Waals surface area contributed by atoms with Crippen LogP contribution >= 0.6 is 0 Å². The van der Waals surface area contributed by atoms with Crippen molar-refractivity contribution in [1.29, 1.82) is 0 Å². The monoisotopic (exact) mass is 1210 g/mol. The highest BCUT2D eigenvalue weighted by Crippen LogP contribution is 2.19. The third kappa shape index (κ3) is 70.9. The summed E-state index contributed by atoms with van der Waals surface area (Å²) >= 11 is 0. The van der Waals surface area contributed by atoms with Gasteiger partial charge in [-0.1, -0.05) is 371 Å². The highest BCUT2D eigenvalue weighted by molar-refractivity contribution is 5.76. The second kappa shape index (κ2) is 75.3. The first-order valence-corrected chi connectivity index (χ1v) is 38.9. The molecular formula is C80H151NO5. The van der Waals surface area contributed by atoms with Crippen LogP contribution in [0.4, 0.5) is 0 Å². The van der Waals surface area contributed by atoms with E-state index in [1.165, 1.54) is 334 Å². The van der Waals surface area contributed by atoms with Crippen molar-refractivity contribution in [2.75, 3.05) is 13.2 Å². The SMILES string of the molecule is CCCCCC/C=C\C/C=C\CCCCCCCC(=O)OCCCCCCCCCCCCCCC/C=C\C/C=C\CCCCCCCCCCCCCCCCCCCC(=O)NC(CO)C(O)CCCCCCCCCCCCCCCCCC. The van der Waals surface area contributed by atoms with Crippen LogP contribution in [0.3, 0.4) is 0 Å². The lowest BCUT2D eigenvalue weighted by atomic mass is 10.0. The van der Waals surface area contributed by atoms with Gasteiger partial charge in [0.2, 0.25) is 5.91 Å². The number of amides is 1. The molecule has 0 aliphatic carbocycles. The van der Waals surface area contributed by atoms with Crippen molar-refractivity contribution in [2.24, 2.45) is 0 Å². The number of carbonyl (C=O) groups is 2. The van der Waals surface area contributed by atoms with Crippen LogP contribution in [0, 0.1) is 0 Å². The number of aliphatic hydroxyl groups excluding tert-OH is 2. The van der Waals surface area contributed by atoms with E-state index in [0.29, 0.717) is 25.9 Å². The number of ether oxygens (including phenoxy) is 1. The van der Waals surface area contributed by atoms with Gasteiger partial charge < -0.3 is 20.3 Å². The van der Waals surface area contributed by atoms with Crippen LogP contribution in [0.2, 0.25) is 0 Å². The van der Waals surface area contributed by atoms with Crippen LogP contribution in [-0.2, 0) is 14.3 Å². The Hall–Kier alpha value is -2.18. The molecule has 0 aromatic rings. The molecular weight excluding hydrogens is 1050 g/mol. The van der Waals surface area contributed by atoms with Gasteiger partial charge in [0.15, 0.2) is 0 Å². The highest BCUT2D eigenvalue weighted by atomic mass is 16.5. The second-order valence-corrected chi connectivity index (χ2v) is 26.7. The van der Waals surface area contributed by atoms with Crippen molar-refractivity contribution in [1.82, 2.24) is 5.32 Å². The quantitative estimate of drug-likeness (QED) is 0.0320. The molecule has 0 bridgehead atoms. The van der Waals surface area contributed by atoms with Gasteiger partial charge in [0.25, 0.3) is 0 Å². The maximum Gasteiger partial charge on any atom is 0.305 e. The van der Waals surface area contributed by atoms with E-state index in [4.69, 9.17) is 4.74 Å². The molecule has 1 amide bonds. The number of carbonyl (C=O) groups excluding carboxylic acids is 2. The number of hydrogen-bond donors (Lipinski definition) is 3. The number of nitrogens with one attached hydrogen (secondary N) is 1. The molecule has 3 N–H and O–H groups in total. The number of esters is 1. The minimum Gasteiger partial charge on any atom is -0.466 e. The van der Waals surface area contributed by atoms with E-state index >= 15 is 0 Å². The standard InChI is InChI=1S/C80H151NO5/c1-3-5-7-9-11-13-15-17-19-44-48-52-56-60-64-68-72-78(83)77(76-82)81-79(84)73-69-65-61-57-53-49-45-42-40-38-36-34-32-30-28-26-24-22-21-23-25-27-29-31-33-35-37-39-41-43-47-51-55-59-63-67-71-75-86-80(85)74-70-66-62-58-54-50-46-20-18-16-14-12-10-8-6-4-2/h14,16,20-21,23,27,29,46,77-78,82-83H,3-13,15,17-19,22,24-26,28,30-45,47-76H2,1-2H3,(H,81,84)/b16-14-,23-21-,29-27-,46-20-. The van der Waals surface area contributed by atoms with E-state index in [-0.39, 0.29) is 18.5 Å². The third-order valence-electron chi connectivity index (χ3n) is 18.1. The number of allylic oxidation sites excluding steroid dienone is 8. The maximum atomic E-state index is 12.5. The Kier molecular flexibility index (Phi) is 73.4. The molecule has 506 valence electrons. The summed E-state index contributed by atoms with van der Waals surface area (Å²) in [5.41, 5.74) is 0. The van der Waals surface area contributed by atoms with Crippen molar-refractivity contribution in [3.05, 3.63) is 48.6 Å². The van der Waals surface area contributed by atoms with Crippen molar-refractivity contribution >= 4 is 11.9 Å². The van der Waals surface area contributed by atoms with Gasteiger partial charge in [-0.3, -0.25) is 9.59 Å². The van der Waals surface area contributed by atoms with Crippen LogP contribution in [0.25, 0.3) is 0 Å². The summed E-state index contributed by atoms with van der Waals surface area (Å²) in [6.45, 7) is 4.96. The van der Waals surface area contributed by atoms with E-state index in [0.717, 1.165) is 57.8 Å². The van der Waals surface area contributed by atoms with Crippen molar-refractivity contribution in [3.8, 4) is 0 Å². The molecule has 0 rings (SSSR count). The van der Waals surface area contributed by atoms with Gasteiger partial charge in [0, 0.05) is 12.8 Å². The predicted molar refractivity (Wildman–Crippen MR) is 379 cm³/mol. The Morgan fingerprint density at radius 1 is 0.326 bits per heavy atom. The molecule has 0 spiro atoms. The molecule has 0 radical (unpaired) electrons. The van der Waals surface area contributed by atoms with Gasteiger partial charge in [0.05, 0.1) is 25.4 Å². The van der Waals surface area contributed by atoms with Crippen LogP contribution in [0.15, 0.2) is 48.6 Å². The summed E-state index contributed by atoms with van der Waals surface area (Å²) in [6, 6.07) is -0.540. The molecule has 86 heavy (non-hydrogen) atoms. The number of unbranched alkanes of at least 4 members (excludes halogenated alkanes) is 54. The maximum absolute atomic E-state index is 12.5. The van der Waals surface area contributed by atoms with E-state index in [9.17, 15) is 19.8 Å². The van der Waals surface area contributed by atoms with Crippen LogP contribution in [0.5, 0.6) is 0 Å². The number of aliphatic hydroxyl groups is 2. The predicted octanol–water partition coefficient (Wildman–Crippen LogP) is 25.6. The van der Waals surface area contributed by atoms with E-state index in [1.54, 1.807) is 0 Å². The minimum absolute atomic E-state index is 0.00557.